The van der Waals surface area contributed by atoms with E-state index in [0.717, 1.165) is 0 Å². The molecule has 6 N–H and O–H groups in total. The number of hydrazine groups is 1. The lowest BCUT2D eigenvalue weighted by molar-refractivity contribution is 0.454. The maximum Gasteiger partial charge on any atom is 0.327 e. The topological polar surface area (TPSA) is 153 Å². The van der Waals surface area contributed by atoms with E-state index in [1.54, 1.807) is 0 Å². The van der Waals surface area contributed by atoms with Crippen molar-refractivity contribution in [2.45, 2.75) is 12.8 Å². The van der Waals surface area contributed by atoms with Gasteiger partial charge < -0.3 is 5.11 Å². The second-order valence-electron chi connectivity index (χ2n) is 3.40. The van der Waals surface area contributed by atoms with Crippen LogP contribution in [-0.2, 0) is 6.42 Å². The van der Waals surface area contributed by atoms with Crippen molar-refractivity contribution >= 4 is 5.82 Å². The molecule has 0 aliphatic rings. The van der Waals surface area contributed by atoms with Gasteiger partial charge in [-0.1, -0.05) is 5.21 Å². The summed E-state index contributed by atoms with van der Waals surface area (Å²) in [7, 11) is 0. The standard InChI is InChI=1S/C7H12N8O2/c8-15(5-6(16)10-7(17)9-5)3-1-2-4-11-13-14-12-4/h16H,1-3,8H2,(H2,9,10,17)(H,11,12,13,14). The summed E-state index contributed by atoms with van der Waals surface area (Å²) < 4.78 is 0. The van der Waals surface area contributed by atoms with Crippen LogP contribution in [0, 0.1) is 0 Å². The van der Waals surface area contributed by atoms with E-state index in [-0.39, 0.29) is 11.7 Å². The van der Waals surface area contributed by atoms with Crippen molar-refractivity contribution in [1.82, 2.24) is 30.6 Å². The molecule has 0 saturated heterocycles. The number of nitrogens with two attached hydrogens (primary N) is 1. The molecule has 10 heteroatoms. The van der Waals surface area contributed by atoms with Gasteiger partial charge in [-0.3, -0.25) is 15.0 Å². The predicted octanol–water partition coefficient (Wildman–Crippen LogP) is -1.77. The Labute approximate surface area is 94.8 Å². The van der Waals surface area contributed by atoms with Crippen LogP contribution in [-0.4, -0.2) is 42.2 Å². The zero-order valence-electron chi connectivity index (χ0n) is 8.84. The van der Waals surface area contributed by atoms with Crippen molar-refractivity contribution in [3.8, 4) is 5.88 Å². The number of hydrogen-bond acceptors (Lipinski definition) is 7. The minimum Gasteiger partial charge on any atom is -0.492 e. The molecule has 0 aliphatic carbocycles. The van der Waals surface area contributed by atoms with Crippen LogP contribution in [0.25, 0.3) is 0 Å². The fourth-order valence-corrected chi connectivity index (χ4v) is 1.38. The minimum absolute atomic E-state index is 0.156. The van der Waals surface area contributed by atoms with Gasteiger partial charge in [-0.2, -0.15) is 5.21 Å². The number of nitrogens with one attached hydrogen (secondary N) is 3. The van der Waals surface area contributed by atoms with E-state index in [0.29, 0.717) is 25.2 Å². The number of imidazole rings is 1. The van der Waals surface area contributed by atoms with Crippen LogP contribution in [0.1, 0.15) is 12.2 Å². The van der Waals surface area contributed by atoms with Crippen molar-refractivity contribution < 1.29 is 5.11 Å². The number of hydrogen-bond donors (Lipinski definition) is 5. The Kier molecular flexibility index (Phi) is 3.05. The lowest BCUT2D eigenvalue weighted by Gasteiger charge is -2.15. The maximum absolute atomic E-state index is 10.9. The summed E-state index contributed by atoms with van der Waals surface area (Å²) >= 11 is 0. The van der Waals surface area contributed by atoms with Crippen molar-refractivity contribution in [2.75, 3.05) is 11.6 Å². The smallest absolute Gasteiger partial charge is 0.327 e. The van der Waals surface area contributed by atoms with Crippen LogP contribution in [0.5, 0.6) is 5.88 Å². The lowest BCUT2D eigenvalue weighted by Crippen LogP contribution is -2.32. The number of aryl methyl sites for hydroxylation is 1. The molecule has 0 amide bonds. The molecule has 10 nitrogen and oxygen atoms in total. The van der Waals surface area contributed by atoms with Gasteiger partial charge in [-0.25, -0.2) is 10.6 Å². The van der Waals surface area contributed by atoms with Crippen LogP contribution in [0.2, 0.25) is 0 Å². The normalized spacial score (nSPS) is 10.6. The molecule has 0 aliphatic heterocycles. The van der Waals surface area contributed by atoms with Gasteiger partial charge in [0.2, 0.25) is 5.88 Å². The predicted molar refractivity (Wildman–Crippen MR) is 57.1 cm³/mol. The van der Waals surface area contributed by atoms with Crippen LogP contribution in [0.3, 0.4) is 0 Å². The second kappa shape index (κ2) is 4.65. The zero-order valence-corrected chi connectivity index (χ0v) is 8.84. The van der Waals surface area contributed by atoms with E-state index in [2.05, 4.69) is 30.6 Å². The molecular formula is C7H12N8O2. The Hall–Kier alpha value is -2.36. The Balaban J connectivity index is 1.87. The molecule has 0 bridgehead atoms. The van der Waals surface area contributed by atoms with Crippen LogP contribution in [0.4, 0.5) is 5.82 Å². The number of aromatic hydroxyl groups is 1. The van der Waals surface area contributed by atoms with E-state index < -0.39 is 5.69 Å². The van der Waals surface area contributed by atoms with E-state index >= 15 is 0 Å². The molecule has 0 radical (unpaired) electrons. The van der Waals surface area contributed by atoms with Crippen LogP contribution < -0.4 is 16.5 Å². The fraction of sp³-hybridized carbons (Fsp3) is 0.429. The number of tetrazole rings is 1. The first-order chi connectivity index (χ1) is 8.16. The summed E-state index contributed by atoms with van der Waals surface area (Å²) in [5, 5.41) is 23.9. The molecule has 17 heavy (non-hydrogen) atoms. The molecule has 92 valence electrons. The summed E-state index contributed by atoms with van der Waals surface area (Å²) in [6.07, 6.45) is 1.25. The number of aromatic nitrogens is 6. The average Bonchev–Trinajstić information content (AvgIpc) is 2.88. The Morgan fingerprint density at radius 1 is 1.41 bits per heavy atom. The summed E-state index contributed by atoms with van der Waals surface area (Å²) in [6.45, 7) is 0.426. The van der Waals surface area contributed by atoms with Gasteiger partial charge in [0.15, 0.2) is 11.6 Å². The molecule has 0 saturated carbocycles. The van der Waals surface area contributed by atoms with E-state index in [1.165, 1.54) is 5.01 Å². The number of anilines is 1. The average molecular weight is 240 g/mol. The molecule has 0 atom stereocenters. The van der Waals surface area contributed by atoms with E-state index in [1.807, 2.05) is 0 Å². The zero-order chi connectivity index (χ0) is 12.3. The third-order valence-electron chi connectivity index (χ3n) is 2.16. The Morgan fingerprint density at radius 3 is 2.82 bits per heavy atom. The maximum atomic E-state index is 10.9. The summed E-state index contributed by atoms with van der Waals surface area (Å²) in [5.74, 6) is 6.13. The van der Waals surface area contributed by atoms with Gasteiger partial charge in [-0.15, -0.1) is 10.2 Å². The first kappa shape index (κ1) is 11.1. The molecule has 0 aromatic carbocycles. The lowest BCUT2D eigenvalue weighted by atomic mass is 10.3. The number of nitrogens with zero attached hydrogens (tertiary/aromatic N) is 4. The Morgan fingerprint density at radius 2 is 2.24 bits per heavy atom. The first-order valence-electron chi connectivity index (χ1n) is 4.92. The quantitative estimate of drug-likeness (QED) is 0.306. The summed E-state index contributed by atoms with van der Waals surface area (Å²) in [5.41, 5.74) is -0.508. The number of rotatable bonds is 5. The van der Waals surface area contributed by atoms with Crippen molar-refractivity contribution in [3.05, 3.63) is 16.3 Å². The van der Waals surface area contributed by atoms with E-state index in [9.17, 15) is 9.90 Å². The minimum atomic E-state index is -0.508. The van der Waals surface area contributed by atoms with Gasteiger partial charge in [0.1, 0.15) is 0 Å². The molecule has 0 fully saturated rings. The third kappa shape index (κ3) is 2.60. The fourth-order valence-electron chi connectivity index (χ4n) is 1.38. The Bertz CT molecular complexity index is 514. The molecule has 2 heterocycles. The first-order valence-corrected chi connectivity index (χ1v) is 4.92. The van der Waals surface area contributed by atoms with Gasteiger partial charge in [0.05, 0.1) is 0 Å². The third-order valence-corrected chi connectivity index (χ3v) is 2.16. The number of H-pyrrole nitrogens is 3. The molecular weight excluding hydrogens is 228 g/mol. The van der Waals surface area contributed by atoms with Crippen LogP contribution in [0.15, 0.2) is 4.79 Å². The van der Waals surface area contributed by atoms with Gasteiger partial charge in [0, 0.05) is 13.0 Å². The molecule has 0 unspecified atom stereocenters. The van der Waals surface area contributed by atoms with Crippen LogP contribution >= 0.6 is 0 Å². The molecule has 2 aromatic heterocycles. The van der Waals surface area contributed by atoms with Gasteiger partial charge >= 0.3 is 5.69 Å². The SMILES string of the molecule is NN(CCCc1nn[nH]n1)c1[nH]c(=O)[nH]c1O. The monoisotopic (exact) mass is 240 g/mol. The van der Waals surface area contributed by atoms with Gasteiger partial charge in [-0.05, 0) is 6.42 Å². The van der Waals surface area contributed by atoms with Crippen molar-refractivity contribution in [3.63, 3.8) is 0 Å². The highest BCUT2D eigenvalue weighted by molar-refractivity contribution is 5.45. The largest absolute Gasteiger partial charge is 0.492 e. The second-order valence-corrected chi connectivity index (χ2v) is 3.40. The highest BCUT2D eigenvalue weighted by atomic mass is 16.3. The summed E-state index contributed by atoms with van der Waals surface area (Å²) in [6, 6.07) is 0. The molecule has 0 spiro atoms. The number of aromatic amines is 3. The van der Waals surface area contributed by atoms with Crippen molar-refractivity contribution in [2.24, 2.45) is 5.84 Å². The molecule has 2 rings (SSSR count). The molecule has 2 aromatic rings. The van der Waals surface area contributed by atoms with Crippen molar-refractivity contribution in [1.29, 1.82) is 0 Å². The van der Waals surface area contributed by atoms with Gasteiger partial charge in [0.25, 0.3) is 0 Å². The van der Waals surface area contributed by atoms with E-state index in [4.69, 9.17) is 5.84 Å². The highest BCUT2D eigenvalue weighted by Gasteiger charge is 2.11. The highest BCUT2D eigenvalue weighted by Crippen LogP contribution is 2.17. The summed E-state index contributed by atoms with van der Waals surface area (Å²) in [4.78, 5) is 15.4.